The highest BCUT2D eigenvalue weighted by molar-refractivity contribution is 6.30. The van der Waals surface area contributed by atoms with Crippen molar-refractivity contribution >= 4 is 23.4 Å². The van der Waals surface area contributed by atoms with Crippen molar-refractivity contribution in [2.24, 2.45) is 5.92 Å². The van der Waals surface area contributed by atoms with Gasteiger partial charge in [-0.1, -0.05) is 11.6 Å². The minimum absolute atomic E-state index is 0.0191. The minimum Gasteiger partial charge on any atom is -0.341 e. The van der Waals surface area contributed by atoms with Gasteiger partial charge in [0.1, 0.15) is 0 Å². The average Bonchev–Trinajstić information content (AvgIpc) is 3.15. The van der Waals surface area contributed by atoms with Crippen LogP contribution in [0.4, 0.5) is 0 Å². The number of likely N-dealkylation sites (N-methyl/N-ethyl adjacent to an activating group) is 1. The zero-order valence-electron chi connectivity index (χ0n) is 14.0. The number of hydrogen-bond acceptors (Lipinski definition) is 3. The van der Waals surface area contributed by atoms with Crippen molar-refractivity contribution in [1.82, 2.24) is 15.1 Å². The van der Waals surface area contributed by atoms with Gasteiger partial charge in [0, 0.05) is 43.3 Å². The Morgan fingerprint density at radius 1 is 1.25 bits per heavy atom. The van der Waals surface area contributed by atoms with Crippen LogP contribution in [0, 0.1) is 5.92 Å². The molecule has 1 aromatic carbocycles. The summed E-state index contributed by atoms with van der Waals surface area (Å²) < 4.78 is 0. The number of hydrogen-bond donors (Lipinski definition) is 1. The van der Waals surface area contributed by atoms with E-state index in [1.807, 2.05) is 11.9 Å². The largest absolute Gasteiger partial charge is 0.341 e. The fourth-order valence-electron chi connectivity index (χ4n) is 3.58. The van der Waals surface area contributed by atoms with Gasteiger partial charge in [0.15, 0.2) is 0 Å². The van der Waals surface area contributed by atoms with Gasteiger partial charge in [-0.15, -0.1) is 0 Å². The van der Waals surface area contributed by atoms with E-state index in [0.717, 1.165) is 32.4 Å². The predicted octanol–water partition coefficient (Wildman–Crippen LogP) is 2.01. The maximum Gasteiger partial charge on any atom is 0.253 e. The quantitative estimate of drug-likeness (QED) is 0.908. The number of amides is 2. The first-order valence-corrected chi connectivity index (χ1v) is 8.96. The number of carbonyl (C=O) groups excluding carboxylic acids is 2. The number of nitrogens with one attached hydrogen (secondary N) is 1. The second-order valence-electron chi connectivity index (χ2n) is 6.69. The molecule has 130 valence electrons. The van der Waals surface area contributed by atoms with Crippen molar-refractivity contribution in [3.63, 3.8) is 0 Å². The molecule has 0 aliphatic carbocycles. The first-order valence-electron chi connectivity index (χ1n) is 8.58. The van der Waals surface area contributed by atoms with Crippen LogP contribution in [0.25, 0.3) is 0 Å². The van der Waals surface area contributed by atoms with Crippen LogP contribution in [-0.4, -0.2) is 60.9 Å². The summed E-state index contributed by atoms with van der Waals surface area (Å²) in [5.41, 5.74) is 0.626. The molecule has 0 saturated carbocycles. The van der Waals surface area contributed by atoms with Gasteiger partial charge < -0.3 is 15.1 Å². The van der Waals surface area contributed by atoms with Crippen molar-refractivity contribution in [3.05, 3.63) is 34.9 Å². The third-order valence-corrected chi connectivity index (χ3v) is 5.33. The van der Waals surface area contributed by atoms with E-state index < -0.39 is 0 Å². The summed E-state index contributed by atoms with van der Waals surface area (Å²) in [6.45, 7) is 3.04. The van der Waals surface area contributed by atoms with Crippen molar-refractivity contribution in [3.8, 4) is 0 Å². The Kier molecular flexibility index (Phi) is 5.41. The topological polar surface area (TPSA) is 52.7 Å². The SMILES string of the molecule is CN(C(=O)C1CCCN(C(=O)c2ccc(Cl)cc2)C1)C1CCNC1. The smallest absolute Gasteiger partial charge is 0.253 e. The summed E-state index contributed by atoms with van der Waals surface area (Å²) in [6, 6.07) is 7.21. The molecule has 2 aliphatic heterocycles. The Labute approximate surface area is 147 Å². The average molecular weight is 350 g/mol. The van der Waals surface area contributed by atoms with Crippen LogP contribution in [0.2, 0.25) is 5.02 Å². The highest BCUT2D eigenvalue weighted by Gasteiger charge is 2.33. The van der Waals surface area contributed by atoms with E-state index in [4.69, 9.17) is 11.6 Å². The molecule has 3 rings (SSSR count). The van der Waals surface area contributed by atoms with Crippen molar-refractivity contribution in [1.29, 1.82) is 0 Å². The number of benzene rings is 1. The maximum atomic E-state index is 12.8. The third kappa shape index (κ3) is 3.73. The van der Waals surface area contributed by atoms with Crippen molar-refractivity contribution in [2.45, 2.75) is 25.3 Å². The molecular formula is C18H24ClN3O2. The molecule has 1 N–H and O–H groups in total. The van der Waals surface area contributed by atoms with Gasteiger partial charge in [-0.25, -0.2) is 0 Å². The standard InChI is InChI=1S/C18H24ClN3O2/c1-21(16-8-9-20-11-16)17(23)14-3-2-10-22(12-14)18(24)13-4-6-15(19)7-5-13/h4-7,14,16,20H,2-3,8-12H2,1H3. The van der Waals surface area contributed by atoms with Crippen LogP contribution in [0.3, 0.4) is 0 Å². The first-order chi connectivity index (χ1) is 11.6. The predicted molar refractivity (Wildman–Crippen MR) is 94.1 cm³/mol. The number of piperidine rings is 1. The van der Waals surface area contributed by atoms with Crippen LogP contribution >= 0.6 is 11.6 Å². The Morgan fingerprint density at radius 3 is 2.67 bits per heavy atom. The maximum absolute atomic E-state index is 12.8. The van der Waals surface area contributed by atoms with Crippen LogP contribution in [-0.2, 0) is 4.79 Å². The zero-order chi connectivity index (χ0) is 17.1. The molecule has 0 spiro atoms. The van der Waals surface area contributed by atoms with Crippen molar-refractivity contribution < 1.29 is 9.59 Å². The number of carbonyl (C=O) groups is 2. The summed E-state index contributed by atoms with van der Waals surface area (Å²) in [6.07, 6.45) is 2.72. The van der Waals surface area contributed by atoms with Crippen LogP contribution in [0.5, 0.6) is 0 Å². The van der Waals surface area contributed by atoms with Gasteiger partial charge >= 0.3 is 0 Å². The fraction of sp³-hybridized carbons (Fsp3) is 0.556. The minimum atomic E-state index is -0.0967. The van der Waals surface area contributed by atoms with E-state index in [-0.39, 0.29) is 23.8 Å². The number of likely N-dealkylation sites (tertiary alicyclic amines) is 1. The molecule has 2 atom stereocenters. The van der Waals surface area contributed by atoms with E-state index in [1.54, 1.807) is 29.2 Å². The zero-order valence-corrected chi connectivity index (χ0v) is 14.8. The summed E-state index contributed by atoms with van der Waals surface area (Å²) >= 11 is 5.88. The Balaban J connectivity index is 1.64. The van der Waals surface area contributed by atoms with Crippen LogP contribution in [0.15, 0.2) is 24.3 Å². The molecule has 2 saturated heterocycles. The van der Waals surface area contributed by atoms with Crippen molar-refractivity contribution in [2.75, 3.05) is 33.2 Å². The molecule has 24 heavy (non-hydrogen) atoms. The molecular weight excluding hydrogens is 326 g/mol. The van der Waals surface area contributed by atoms with Crippen LogP contribution < -0.4 is 5.32 Å². The summed E-state index contributed by atoms with van der Waals surface area (Å²) in [7, 11) is 1.89. The fourth-order valence-corrected chi connectivity index (χ4v) is 3.70. The van der Waals surface area contributed by atoms with Gasteiger partial charge in [0.05, 0.1) is 5.92 Å². The normalized spacial score (nSPS) is 24.0. The second kappa shape index (κ2) is 7.53. The molecule has 6 heteroatoms. The molecule has 5 nitrogen and oxygen atoms in total. The second-order valence-corrected chi connectivity index (χ2v) is 7.13. The van der Waals surface area contributed by atoms with Gasteiger partial charge in [-0.3, -0.25) is 9.59 Å². The lowest BCUT2D eigenvalue weighted by Crippen LogP contribution is -2.48. The van der Waals surface area contributed by atoms with E-state index in [0.29, 0.717) is 23.7 Å². The molecule has 2 amide bonds. The molecule has 2 aliphatic rings. The van der Waals surface area contributed by atoms with Gasteiger partial charge in [-0.05, 0) is 50.1 Å². The Hall–Kier alpha value is -1.59. The van der Waals surface area contributed by atoms with E-state index in [9.17, 15) is 9.59 Å². The van der Waals surface area contributed by atoms with Gasteiger partial charge in [0.2, 0.25) is 5.91 Å². The Bertz CT molecular complexity index is 599. The first kappa shape index (κ1) is 17.2. The highest BCUT2D eigenvalue weighted by Crippen LogP contribution is 2.22. The van der Waals surface area contributed by atoms with Gasteiger partial charge in [0.25, 0.3) is 5.91 Å². The number of nitrogens with zero attached hydrogens (tertiary/aromatic N) is 2. The van der Waals surface area contributed by atoms with Gasteiger partial charge in [-0.2, -0.15) is 0 Å². The number of halogens is 1. The number of rotatable bonds is 3. The third-order valence-electron chi connectivity index (χ3n) is 5.08. The summed E-state index contributed by atoms with van der Waals surface area (Å²) in [5.74, 6) is 0.0484. The summed E-state index contributed by atoms with van der Waals surface area (Å²) in [5, 5.41) is 3.91. The van der Waals surface area contributed by atoms with E-state index in [1.165, 1.54) is 0 Å². The molecule has 2 fully saturated rings. The van der Waals surface area contributed by atoms with Crippen LogP contribution in [0.1, 0.15) is 29.6 Å². The molecule has 0 radical (unpaired) electrons. The molecule has 1 aromatic rings. The lowest BCUT2D eigenvalue weighted by Gasteiger charge is -2.35. The lowest BCUT2D eigenvalue weighted by atomic mass is 9.95. The molecule has 2 heterocycles. The summed E-state index contributed by atoms with van der Waals surface area (Å²) in [4.78, 5) is 29.1. The highest BCUT2D eigenvalue weighted by atomic mass is 35.5. The molecule has 0 bridgehead atoms. The molecule has 0 aromatic heterocycles. The molecule has 2 unspecified atom stereocenters. The van der Waals surface area contributed by atoms with E-state index >= 15 is 0 Å². The Morgan fingerprint density at radius 2 is 2.00 bits per heavy atom. The monoisotopic (exact) mass is 349 g/mol. The van der Waals surface area contributed by atoms with E-state index in [2.05, 4.69) is 5.32 Å². The lowest BCUT2D eigenvalue weighted by molar-refractivity contribution is -0.137.